The fourth-order valence-electron chi connectivity index (χ4n) is 4.66. The number of benzene rings is 2. The normalized spacial score (nSPS) is 16.4. The second kappa shape index (κ2) is 11.1. The minimum absolute atomic E-state index is 0.189. The average Bonchev–Trinajstić information content (AvgIpc) is 3.06. The fraction of sp³-hybridized carbons (Fsp3) is 0.407. The fourth-order valence-corrected chi connectivity index (χ4v) is 6.00. The summed E-state index contributed by atoms with van der Waals surface area (Å²) < 4.78 is 36.9. The summed E-state index contributed by atoms with van der Waals surface area (Å²) in [6.07, 6.45) is 3.51. The number of sulfone groups is 1. The van der Waals surface area contributed by atoms with Crippen molar-refractivity contribution in [2.24, 2.45) is 0 Å². The second-order valence-electron chi connectivity index (χ2n) is 9.82. The molecule has 1 saturated heterocycles. The van der Waals surface area contributed by atoms with Crippen LogP contribution in [0.2, 0.25) is 5.02 Å². The van der Waals surface area contributed by atoms with Crippen LogP contribution in [0, 0.1) is 0 Å². The van der Waals surface area contributed by atoms with Crippen molar-refractivity contribution in [2.45, 2.75) is 49.4 Å². The van der Waals surface area contributed by atoms with Gasteiger partial charge in [-0.15, -0.1) is 0 Å². The van der Waals surface area contributed by atoms with E-state index < -0.39 is 15.1 Å². The van der Waals surface area contributed by atoms with Gasteiger partial charge in [0.05, 0.1) is 54.1 Å². The van der Waals surface area contributed by atoms with Crippen LogP contribution in [0.4, 0.5) is 23.1 Å². The van der Waals surface area contributed by atoms with Crippen molar-refractivity contribution in [1.82, 2.24) is 14.9 Å². The van der Waals surface area contributed by atoms with E-state index >= 15 is 0 Å². The third-order valence-corrected chi connectivity index (χ3v) is 9.47. The number of hydrogen-bond donors (Lipinski definition) is 2. The molecule has 38 heavy (non-hydrogen) atoms. The molecule has 11 heteroatoms. The molecule has 0 unspecified atom stereocenters. The van der Waals surface area contributed by atoms with Gasteiger partial charge in [0.25, 0.3) is 0 Å². The van der Waals surface area contributed by atoms with Gasteiger partial charge >= 0.3 is 0 Å². The number of methoxy groups -OCH3 is 1. The Balaban J connectivity index is 1.42. The maximum absolute atomic E-state index is 12.9. The van der Waals surface area contributed by atoms with Crippen molar-refractivity contribution in [3.05, 3.63) is 58.7 Å². The molecule has 1 aromatic heterocycles. The van der Waals surface area contributed by atoms with Gasteiger partial charge in [-0.2, -0.15) is 4.98 Å². The van der Waals surface area contributed by atoms with Gasteiger partial charge in [-0.1, -0.05) is 23.7 Å². The second-order valence-corrected chi connectivity index (χ2v) is 12.7. The monoisotopic (exact) mass is 557 g/mol. The third-order valence-electron chi connectivity index (χ3n) is 6.98. The summed E-state index contributed by atoms with van der Waals surface area (Å²) in [6.45, 7) is 6.80. The number of nitrogens with one attached hydrogen (secondary N) is 2. The van der Waals surface area contributed by atoms with Crippen LogP contribution in [0.25, 0.3) is 0 Å². The summed E-state index contributed by atoms with van der Waals surface area (Å²) in [7, 11) is -1.88. The van der Waals surface area contributed by atoms with E-state index in [1.165, 1.54) is 17.3 Å². The van der Waals surface area contributed by atoms with E-state index in [4.69, 9.17) is 21.1 Å². The summed E-state index contributed by atoms with van der Waals surface area (Å²) in [5, 5.41) is 6.06. The number of halogens is 1. The predicted molar refractivity (Wildman–Crippen MR) is 149 cm³/mol. The molecule has 5 rings (SSSR count). The zero-order valence-corrected chi connectivity index (χ0v) is 23.3. The van der Waals surface area contributed by atoms with Gasteiger partial charge in [-0.3, -0.25) is 4.90 Å². The van der Waals surface area contributed by atoms with E-state index in [2.05, 4.69) is 37.6 Å². The first kappa shape index (κ1) is 26.7. The highest BCUT2D eigenvalue weighted by molar-refractivity contribution is 7.92. The number of ether oxygens (including phenoxy) is 2. The van der Waals surface area contributed by atoms with Gasteiger partial charge in [0.2, 0.25) is 5.95 Å². The SMILES string of the molecule is COc1cc2c(cc1Nc1ncc(Cl)c(Nc3ccccc3S(=O)(=O)C(C)C)n1)CCCN(C1COC1)C2. The minimum Gasteiger partial charge on any atom is -0.495 e. The molecule has 0 spiro atoms. The van der Waals surface area contributed by atoms with Crippen LogP contribution in [-0.4, -0.2) is 61.4 Å². The Morgan fingerprint density at radius 2 is 1.92 bits per heavy atom. The van der Waals surface area contributed by atoms with Gasteiger partial charge in [0.15, 0.2) is 15.7 Å². The Morgan fingerprint density at radius 3 is 2.63 bits per heavy atom. The van der Waals surface area contributed by atoms with E-state index in [1.54, 1.807) is 45.2 Å². The summed E-state index contributed by atoms with van der Waals surface area (Å²) in [6, 6.07) is 11.4. The summed E-state index contributed by atoms with van der Waals surface area (Å²) in [5.41, 5.74) is 3.66. The number of aromatic nitrogens is 2. The van der Waals surface area contributed by atoms with Gasteiger partial charge in [0.1, 0.15) is 10.8 Å². The molecule has 2 aromatic carbocycles. The van der Waals surface area contributed by atoms with Gasteiger partial charge in [-0.05, 0) is 68.6 Å². The quantitative estimate of drug-likeness (QED) is 0.397. The zero-order valence-electron chi connectivity index (χ0n) is 21.7. The molecule has 9 nitrogen and oxygen atoms in total. The molecule has 0 saturated carbocycles. The highest BCUT2D eigenvalue weighted by Crippen LogP contribution is 2.35. The lowest BCUT2D eigenvalue weighted by Gasteiger charge is -2.36. The maximum atomic E-state index is 12.9. The molecule has 202 valence electrons. The van der Waals surface area contributed by atoms with Crippen molar-refractivity contribution in [1.29, 1.82) is 0 Å². The standard InChI is InChI=1S/C27H32ClN5O4S/c1-17(2)38(34,35)25-9-5-4-8-22(25)30-26-21(28)13-29-27(32-26)31-23-11-18-7-6-10-33(20-15-37-16-20)14-19(18)12-24(23)36-3/h4-5,8-9,11-13,17,20H,6-7,10,14-16H2,1-3H3,(H2,29,30,31,32). The van der Waals surface area contributed by atoms with Crippen LogP contribution in [0.5, 0.6) is 5.75 Å². The first-order chi connectivity index (χ1) is 18.3. The molecule has 2 N–H and O–H groups in total. The number of fused-ring (bicyclic) bond motifs is 1. The molecule has 0 atom stereocenters. The molecule has 0 amide bonds. The number of nitrogens with zero attached hydrogens (tertiary/aromatic N) is 3. The van der Waals surface area contributed by atoms with E-state index in [1.807, 2.05) is 0 Å². The Bertz CT molecular complexity index is 1430. The third kappa shape index (κ3) is 5.44. The predicted octanol–water partition coefficient (Wildman–Crippen LogP) is 4.95. The Morgan fingerprint density at radius 1 is 1.13 bits per heavy atom. The van der Waals surface area contributed by atoms with Crippen LogP contribution < -0.4 is 15.4 Å². The molecule has 3 heterocycles. The van der Waals surface area contributed by atoms with Gasteiger partial charge in [-0.25, -0.2) is 13.4 Å². The molecule has 2 aliphatic rings. The summed E-state index contributed by atoms with van der Waals surface area (Å²) in [5.74, 6) is 1.29. The Hall–Kier alpha value is -2.92. The van der Waals surface area contributed by atoms with Crippen LogP contribution in [0.3, 0.4) is 0 Å². The minimum atomic E-state index is -3.52. The number of aryl methyl sites for hydroxylation is 1. The van der Waals surface area contributed by atoms with Gasteiger partial charge < -0.3 is 20.1 Å². The zero-order chi connectivity index (χ0) is 26.9. The molecular weight excluding hydrogens is 526 g/mol. The Labute approximate surface area is 228 Å². The van der Waals surface area contributed by atoms with Crippen molar-refractivity contribution < 1.29 is 17.9 Å². The first-order valence-corrected chi connectivity index (χ1v) is 14.6. The lowest BCUT2D eigenvalue weighted by Crippen LogP contribution is -2.48. The van der Waals surface area contributed by atoms with Crippen LogP contribution >= 0.6 is 11.6 Å². The highest BCUT2D eigenvalue weighted by Gasteiger charge is 2.28. The smallest absolute Gasteiger partial charge is 0.229 e. The maximum Gasteiger partial charge on any atom is 0.229 e. The van der Waals surface area contributed by atoms with Crippen LogP contribution in [0.15, 0.2) is 47.5 Å². The molecule has 2 aliphatic heterocycles. The van der Waals surface area contributed by atoms with E-state index in [-0.39, 0.29) is 9.92 Å². The highest BCUT2D eigenvalue weighted by atomic mass is 35.5. The first-order valence-electron chi connectivity index (χ1n) is 12.7. The van der Waals surface area contributed by atoms with Crippen molar-refractivity contribution in [3.63, 3.8) is 0 Å². The summed E-state index contributed by atoms with van der Waals surface area (Å²) in [4.78, 5) is 11.6. The van der Waals surface area contributed by atoms with Crippen molar-refractivity contribution in [3.8, 4) is 5.75 Å². The summed E-state index contributed by atoms with van der Waals surface area (Å²) >= 11 is 6.40. The van der Waals surface area contributed by atoms with Crippen LogP contribution in [-0.2, 0) is 27.5 Å². The van der Waals surface area contributed by atoms with Crippen molar-refractivity contribution in [2.75, 3.05) is 37.5 Å². The van der Waals surface area contributed by atoms with E-state index in [9.17, 15) is 8.42 Å². The number of hydrogen-bond acceptors (Lipinski definition) is 9. The van der Waals surface area contributed by atoms with E-state index in [0.717, 1.165) is 44.8 Å². The number of para-hydroxylation sites is 1. The number of anilines is 4. The molecule has 0 aliphatic carbocycles. The molecule has 0 bridgehead atoms. The molecule has 0 radical (unpaired) electrons. The number of rotatable bonds is 8. The lowest BCUT2D eigenvalue weighted by molar-refractivity contribution is -0.0674. The van der Waals surface area contributed by atoms with Gasteiger partial charge in [0, 0.05) is 6.54 Å². The molecular formula is C27H32ClN5O4S. The Kier molecular flexibility index (Phi) is 7.76. The van der Waals surface area contributed by atoms with Crippen molar-refractivity contribution >= 4 is 44.6 Å². The van der Waals surface area contributed by atoms with E-state index in [0.29, 0.717) is 29.2 Å². The molecule has 1 fully saturated rings. The molecule has 3 aromatic rings. The lowest BCUT2D eigenvalue weighted by atomic mass is 10.0. The largest absolute Gasteiger partial charge is 0.495 e. The topological polar surface area (TPSA) is 106 Å². The average molecular weight is 558 g/mol. The van der Waals surface area contributed by atoms with Crippen LogP contribution in [0.1, 0.15) is 31.4 Å².